The van der Waals surface area contributed by atoms with Crippen LogP contribution in [0.25, 0.3) is 0 Å². The van der Waals surface area contributed by atoms with Crippen molar-refractivity contribution in [2.45, 2.75) is 24.3 Å². The summed E-state index contributed by atoms with van der Waals surface area (Å²) in [4.78, 5) is 20.8. The molecule has 3 aromatic rings. The first kappa shape index (κ1) is 24.2. The van der Waals surface area contributed by atoms with Crippen molar-refractivity contribution in [3.05, 3.63) is 65.9 Å². The Bertz CT molecular complexity index is 1070. The number of hydrogen-bond donors (Lipinski definition) is 4. The minimum absolute atomic E-state index is 0.0482. The maximum atomic E-state index is 12.4. The van der Waals surface area contributed by atoms with E-state index in [1.54, 1.807) is 0 Å². The van der Waals surface area contributed by atoms with Gasteiger partial charge in [-0.3, -0.25) is 0 Å². The lowest BCUT2D eigenvalue weighted by Gasteiger charge is -2.11. The quantitative estimate of drug-likeness (QED) is 0.247. The van der Waals surface area contributed by atoms with Gasteiger partial charge in [-0.25, -0.2) is 9.78 Å². The molecule has 1 heterocycles. The summed E-state index contributed by atoms with van der Waals surface area (Å²) in [6.07, 6.45) is 0. The molecule has 1 aromatic heterocycles. The largest absolute Gasteiger partial charge is 0.446 e. The van der Waals surface area contributed by atoms with E-state index in [1.807, 2.05) is 44.2 Å². The van der Waals surface area contributed by atoms with E-state index in [2.05, 4.69) is 31.2 Å². The van der Waals surface area contributed by atoms with E-state index in [0.717, 1.165) is 16.9 Å². The van der Waals surface area contributed by atoms with Crippen LogP contribution in [0.3, 0.4) is 0 Å². The molecule has 0 fully saturated rings. The Morgan fingerprint density at radius 1 is 0.939 bits per heavy atom. The second kappa shape index (κ2) is 10.9. The summed E-state index contributed by atoms with van der Waals surface area (Å²) in [6.45, 7) is 4.54. The number of thioether (sulfide) groups is 1. The van der Waals surface area contributed by atoms with Crippen LogP contribution in [0.4, 0.5) is 41.1 Å². The number of aromatic nitrogens is 2. The lowest BCUT2D eigenvalue weighted by Crippen LogP contribution is -2.32. The Labute approximate surface area is 193 Å². The van der Waals surface area contributed by atoms with E-state index in [1.165, 1.54) is 24.3 Å². The standard InChI is InChI=1S/C22H23F3N6OS/c1-14-3-5-16(6-4-14)29-19-13-15(2)28-20(31-19)26-11-12-27-21(32)30-17-7-9-18(10-8-17)33-22(23,24)25/h3-10,13H,11-12H2,1-2H3,(H2,27,30,32)(H2,26,28,29,31). The molecule has 11 heteroatoms. The van der Waals surface area contributed by atoms with Crippen molar-refractivity contribution >= 4 is 40.9 Å². The molecule has 0 saturated heterocycles. The number of anilines is 4. The smallest absolute Gasteiger partial charge is 0.352 e. The lowest BCUT2D eigenvalue weighted by molar-refractivity contribution is -0.0328. The zero-order valence-corrected chi connectivity index (χ0v) is 18.8. The van der Waals surface area contributed by atoms with Gasteiger partial charge in [0.25, 0.3) is 0 Å². The first-order chi connectivity index (χ1) is 15.7. The van der Waals surface area contributed by atoms with E-state index < -0.39 is 11.5 Å². The van der Waals surface area contributed by atoms with Gasteiger partial charge in [0.1, 0.15) is 5.82 Å². The van der Waals surface area contributed by atoms with Gasteiger partial charge in [-0.1, -0.05) is 17.7 Å². The molecule has 0 saturated carbocycles. The minimum Gasteiger partial charge on any atom is -0.352 e. The topological polar surface area (TPSA) is 91.0 Å². The van der Waals surface area contributed by atoms with Crippen molar-refractivity contribution in [2.75, 3.05) is 29.0 Å². The Morgan fingerprint density at radius 3 is 2.27 bits per heavy atom. The molecule has 0 atom stereocenters. The summed E-state index contributed by atoms with van der Waals surface area (Å²) < 4.78 is 37.1. The number of urea groups is 1. The zero-order chi connectivity index (χ0) is 23.8. The van der Waals surface area contributed by atoms with Crippen molar-refractivity contribution in [3.63, 3.8) is 0 Å². The molecular formula is C22H23F3N6OS. The fourth-order valence-electron chi connectivity index (χ4n) is 2.76. The second-order valence-corrected chi connectivity index (χ2v) is 8.23. The van der Waals surface area contributed by atoms with Crippen LogP contribution >= 0.6 is 11.8 Å². The van der Waals surface area contributed by atoms with Crippen molar-refractivity contribution in [1.82, 2.24) is 15.3 Å². The van der Waals surface area contributed by atoms with Gasteiger partial charge in [0.05, 0.1) is 0 Å². The van der Waals surface area contributed by atoms with Crippen LogP contribution in [0, 0.1) is 13.8 Å². The predicted octanol–water partition coefficient (Wildman–Crippen LogP) is 5.68. The molecule has 174 valence electrons. The van der Waals surface area contributed by atoms with Gasteiger partial charge in [0.15, 0.2) is 0 Å². The summed E-state index contributed by atoms with van der Waals surface area (Å²) in [5.74, 6) is 1.07. The SMILES string of the molecule is Cc1ccc(Nc2cc(C)nc(NCCNC(=O)Nc3ccc(SC(F)(F)F)cc3)n2)cc1. The summed E-state index contributed by atoms with van der Waals surface area (Å²) >= 11 is -0.207. The van der Waals surface area contributed by atoms with Crippen LogP contribution in [0.15, 0.2) is 59.5 Å². The molecule has 3 rings (SSSR count). The van der Waals surface area contributed by atoms with Crippen LogP contribution in [-0.2, 0) is 0 Å². The number of benzene rings is 2. The van der Waals surface area contributed by atoms with Crippen molar-refractivity contribution in [3.8, 4) is 0 Å². The van der Waals surface area contributed by atoms with Gasteiger partial charge in [-0.15, -0.1) is 0 Å². The molecule has 0 radical (unpaired) electrons. The number of aryl methyl sites for hydroxylation is 2. The van der Waals surface area contributed by atoms with Crippen LogP contribution in [0.5, 0.6) is 0 Å². The summed E-state index contributed by atoms with van der Waals surface area (Å²) in [5.41, 5.74) is -1.11. The second-order valence-electron chi connectivity index (χ2n) is 7.09. The fourth-order valence-corrected chi connectivity index (χ4v) is 3.30. The van der Waals surface area contributed by atoms with Crippen molar-refractivity contribution in [2.24, 2.45) is 0 Å². The highest BCUT2D eigenvalue weighted by Crippen LogP contribution is 2.37. The molecule has 0 unspecified atom stereocenters. The van der Waals surface area contributed by atoms with Crippen LogP contribution in [0.2, 0.25) is 0 Å². The molecule has 0 spiro atoms. The number of hydrogen-bond acceptors (Lipinski definition) is 6. The molecule has 0 aliphatic heterocycles. The summed E-state index contributed by atoms with van der Waals surface area (Å²) in [7, 11) is 0. The average molecular weight is 477 g/mol. The molecule has 2 amide bonds. The number of nitrogens with zero attached hydrogens (tertiary/aromatic N) is 2. The lowest BCUT2D eigenvalue weighted by atomic mass is 10.2. The number of rotatable bonds is 8. The highest BCUT2D eigenvalue weighted by Gasteiger charge is 2.29. The van der Waals surface area contributed by atoms with Gasteiger partial charge < -0.3 is 21.3 Å². The molecule has 4 N–H and O–H groups in total. The third-order valence-electron chi connectivity index (χ3n) is 4.22. The van der Waals surface area contributed by atoms with Gasteiger partial charge in [0.2, 0.25) is 5.95 Å². The van der Waals surface area contributed by atoms with Crippen LogP contribution < -0.4 is 21.3 Å². The first-order valence-corrected chi connectivity index (χ1v) is 10.8. The zero-order valence-electron chi connectivity index (χ0n) is 18.0. The highest BCUT2D eigenvalue weighted by molar-refractivity contribution is 8.00. The number of carbonyl (C=O) groups excluding carboxylic acids is 1. The monoisotopic (exact) mass is 476 g/mol. The van der Waals surface area contributed by atoms with E-state index in [0.29, 0.717) is 24.0 Å². The van der Waals surface area contributed by atoms with Crippen molar-refractivity contribution in [1.29, 1.82) is 0 Å². The summed E-state index contributed by atoms with van der Waals surface area (Å²) in [5, 5.41) is 11.5. The Kier molecular flexibility index (Phi) is 7.99. The third-order valence-corrected chi connectivity index (χ3v) is 4.96. The first-order valence-electron chi connectivity index (χ1n) is 10.0. The molecular weight excluding hydrogens is 453 g/mol. The molecule has 0 bridgehead atoms. The molecule has 2 aromatic carbocycles. The summed E-state index contributed by atoms with van der Waals surface area (Å²) in [6, 6.07) is 14.7. The third kappa shape index (κ3) is 8.53. The van der Waals surface area contributed by atoms with E-state index in [9.17, 15) is 18.0 Å². The number of carbonyl (C=O) groups is 1. The van der Waals surface area contributed by atoms with Gasteiger partial charge >= 0.3 is 11.5 Å². The predicted molar refractivity (Wildman–Crippen MR) is 125 cm³/mol. The number of halogens is 3. The normalized spacial score (nSPS) is 11.1. The number of alkyl halides is 3. The Morgan fingerprint density at radius 2 is 1.61 bits per heavy atom. The van der Waals surface area contributed by atoms with Gasteiger partial charge in [-0.2, -0.15) is 18.2 Å². The van der Waals surface area contributed by atoms with Gasteiger partial charge in [-0.05, 0) is 62.0 Å². The number of nitrogens with one attached hydrogen (secondary N) is 4. The van der Waals surface area contributed by atoms with Crippen LogP contribution in [0.1, 0.15) is 11.3 Å². The van der Waals surface area contributed by atoms with E-state index in [-0.39, 0.29) is 23.2 Å². The van der Waals surface area contributed by atoms with Crippen molar-refractivity contribution < 1.29 is 18.0 Å². The molecule has 33 heavy (non-hydrogen) atoms. The Hall–Kier alpha value is -3.47. The molecule has 0 aliphatic rings. The maximum absolute atomic E-state index is 12.4. The molecule has 7 nitrogen and oxygen atoms in total. The number of amides is 2. The fraction of sp³-hybridized carbons (Fsp3) is 0.227. The van der Waals surface area contributed by atoms with Gasteiger partial charge in [0, 0.05) is 41.1 Å². The highest BCUT2D eigenvalue weighted by atomic mass is 32.2. The van der Waals surface area contributed by atoms with Crippen LogP contribution in [-0.4, -0.2) is 34.6 Å². The maximum Gasteiger partial charge on any atom is 0.446 e. The minimum atomic E-state index is -4.35. The average Bonchev–Trinajstić information content (AvgIpc) is 2.73. The molecule has 0 aliphatic carbocycles. The van der Waals surface area contributed by atoms with E-state index >= 15 is 0 Å². The Balaban J connectivity index is 1.44. The van der Waals surface area contributed by atoms with E-state index in [4.69, 9.17) is 0 Å².